The predicted molar refractivity (Wildman–Crippen MR) is 74.9 cm³/mol. The molecule has 1 aromatic rings. The van der Waals surface area contributed by atoms with Crippen LogP contribution in [0.25, 0.3) is 0 Å². The number of hydrogen-bond donors (Lipinski definition) is 2. The van der Waals surface area contributed by atoms with Crippen molar-refractivity contribution in [2.75, 3.05) is 6.54 Å². The van der Waals surface area contributed by atoms with Gasteiger partial charge in [0.1, 0.15) is 6.26 Å². The molecule has 0 bridgehead atoms. The Balaban J connectivity index is 2.36. The van der Waals surface area contributed by atoms with Crippen LogP contribution in [-0.4, -0.2) is 23.5 Å². The number of carbonyl (C=O) groups is 1. The van der Waals surface area contributed by atoms with Gasteiger partial charge in [0.25, 0.3) is 5.91 Å². The topological polar surface area (TPSA) is 81.2 Å². The summed E-state index contributed by atoms with van der Waals surface area (Å²) in [6.07, 6.45) is 5.23. The van der Waals surface area contributed by atoms with Crippen LogP contribution in [0.5, 0.6) is 0 Å². The molecule has 5 nitrogen and oxygen atoms in total. The van der Waals surface area contributed by atoms with Crippen LogP contribution >= 0.6 is 0 Å². The van der Waals surface area contributed by atoms with Gasteiger partial charge < -0.3 is 15.5 Å². The van der Waals surface area contributed by atoms with Crippen LogP contribution in [0.3, 0.4) is 0 Å². The number of carbonyl (C=O) groups excluding carboxylic acids is 1. The minimum atomic E-state index is -0.177. The zero-order valence-corrected chi connectivity index (χ0v) is 12.1. The van der Waals surface area contributed by atoms with Crippen molar-refractivity contribution in [3.63, 3.8) is 0 Å². The molecule has 3 N–H and O–H groups in total. The molecule has 5 heteroatoms. The predicted octanol–water partition coefficient (Wildman–Crippen LogP) is 2.12. The largest absolute Gasteiger partial charge is 0.448 e. The van der Waals surface area contributed by atoms with E-state index in [0.29, 0.717) is 30.5 Å². The van der Waals surface area contributed by atoms with Crippen LogP contribution in [0.1, 0.15) is 56.4 Å². The highest BCUT2D eigenvalue weighted by Crippen LogP contribution is 2.09. The molecule has 1 rings (SSSR count). The summed E-state index contributed by atoms with van der Waals surface area (Å²) in [5.74, 6) is 1.04. The summed E-state index contributed by atoms with van der Waals surface area (Å²) in [7, 11) is 0. The van der Waals surface area contributed by atoms with Crippen LogP contribution in [0, 0.1) is 5.92 Å². The van der Waals surface area contributed by atoms with Crippen LogP contribution in [-0.2, 0) is 6.42 Å². The van der Waals surface area contributed by atoms with E-state index in [2.05, 4.69) is 24.1 Å². The van der Waals surface area contributed by atoms with Gasteiger partial charge in [0.05, 0.1) is 0 Å². The van der Waals surface area contributed by atoms with Gasteiger partial charge in [-0.1, -0.05) is 26.7 Å². The van der Waals surface area contributed by atoms with Crippen LogP contribution in [0.4, 0.5) is 0 Å². The summed E-state index contributed by atoms with van der Waals surface area (Å²) in [5.41, 5.74) is 5.74. The van der Waals surface area contributed by atoms with E-state index >= 15 is 0 Å². The van der Waals surface area contributed by atoms with Gasteiger partial charge >= 0.3 is 0 Å². The third-order valence-corrected chi connectivity index (χ3v) is 2.94. The Labute approximate surface area is 115 Å². The molecule has 0 aromatic carbocycles. The van der Waals surface area contributed by atoms with Crippen molar-refractivity contribution in [2.24, 2.45) is 11.7 Å². The van der Waals surface area contributed by atoms with Crippen molar-refractivity contribution in [3.05, 3.63) is 17.8 Å². The number of oxazole rings is 1. The Morgan fingerprint density at radius 2 is 2.16 bits per heavy atom. The standard InChI is InChI=1S/C14H25N3O2/c1-10(2)5-4-6-11(3)16-14(18)12-9-19-13(17-12)7-8-15/h9-11H,4-8,15H2,1-3H3,(H,16,18). The van der Waals surface area contributed by atoms with E-state index in [9.17, 15) is 4.79 Å². The first-order valence-electron chi connectivity index (χ1n) is 6.98. The molecule has 108 valence electrons. The van der Waals surface area contributed by atoms with Gasteiger partial charge in [0, 0.05) is 19.0 Å². The molecule has 1 aromatic heterocycles. The fraction of sp³-hybridized carbons (Fsp3) is 0.714. The number of hydrogen-bond acceptors (Lipinski definition) is 4. The van der Waals surface area contributed by atoms with Crippen molar-refractivity contribution in [3.8, 4) is 0 Å². The van der Waals surface area contributed by atoms with Crippen LogP contribution in [0.15, 0.2) is 10.7 Å². The Morgan fingerprint density at radius 1 is 1.42 bits per heavy atom. The second-order valence-electron chi connectivity index (χ2n) is 5.36. The second kappa shape index (κ2) is 7.94. The van der Waals surface area contributed by atoms with Crippen molar-refractivity contribution in [1.29, 1.82) is 0 Å². The highest BCUT2D eigenvalue weighted by molar-refractivity contribution is 5.92. The highest BCUT2D eigenvalue weighted by Gasteiger charge is 2.14. The Kier molecular flexibility index (Phi) is 6.56. The minimum Gasteiger partial charge on any atom is -0.448 e. The van der Waals surface area contributed by atoms with Gasteiger partial charge in [-0.05, 0) is 19.3 Å². The molecular weight excluding hydrogens is 242 g/mol. The van der Waals surface area contributed by atoms with E-state index in [1.165, 1.54) is 12.7 Å². The maximum Gasteiger partial charge on any atom is 0.273 e. The van der Waals surface area contributed by atoms with E-state index < -0.39 is 0 Å². The highest BCUT2D eigenvalue weighted by atomic mass is 16.3. The van der Waals surface area contributed by atoms with Crippen LogP contribution in [0.2, 0.25) is 0 Å². The molecule has 0 aliphatic carbocycles. The molecule has 1 unspecified atom stereocenters. The fourth-order valence-corrected chi connectivity index (χ4v) is 1.86. The number of nitrogens with zero attached hydrogens (tertiary/aromatic N) is 1. The molecular formula is C14H25N3O2. The zero-order chi connectivity index (χ0) is 14.3. The summed E-state index contributed by atoms with van der Waals surface area (Å²) in [6.45, 7) is 6.89. The molecule has 0 saturated carbocycles. The van der Waals surface area contributed by atoms with Crippen molar-refractivity contribution in [1.82, 2.24) is 10.3 Å². The Hall–Kier alpha value is -1.36. The number of nitrogens with one attached hydrogen (secondary N) is 1. The lowest BCUT2D eigenvalue weighted by molar-refractivity contribution is 0.0932. The molecule has 0 fully saturated rings. The summed E-state index contributed by atoms with van der Waals surface area (Å²) in [5, 5.41) is 2.93. The summed E-state index contributed by atoms with van der Waals surface area (Å²) in [4.78, 5) is 16.0. The van der Waals surface area contributed by atoms with Gasteiger partial charge in [0.2, 0.25) is 0 Å². The molecule has 0 radical (unpaired) electrons. The van der Waals surface area contributed by atoms with E-state index in [-0.39, 0.29) is 11.9 Å². The van der Waals surface area contributed by atoms with Crippen molar-refractivity contribution < 1.29 is 9.21 Å². The van der Waals surface area contributed by atoms with Gasteiger partial charge in [0.15, 0.2) is 11.6 Å². The Morgan fingerprint density at radius 3 is 2.79 bits per heavy atom. The van der Waals surface area contributed by atoms with Gasteiger partial charge in [-0.3, -0.25) is 4.79 Å². The molecule has 1 heterocycles. The second-order valence-corrected chi connectivity index (χ2v) is 5.36. The van der Waals surface area contributed by atoms with Crippen molar-refractivity contribution in [2.45, 2.75) is 52.5 Å². The lowest BCUT2D eigenvalue weighted by Crippen LogP contribution is -2.32. The monoisotopic (exact) mass is 267 g/mol. The quantitative estimate of drug-likeness (QED) is 0.756. The van der Waals surface area contributed by atoms with Crippen LogP contribution < -0.4 is 11.1 Å². The molecule has 19 heavy (non-hydrogen) atoms. The SMILES string of the molecule is CC(C)CCCC(C)NC(=O)c1coc(CCN)n1. The first-order chi connectivity index (χ1) is 9.02. The van der Waals surface area contributed by atoms with Gasteiger partial charge in [-0.15, -0.1) is 0 Å². The molecule has 0 aliphatic rings. The molecule has 1 atom stereocenters. The van der Waals surface area contributed by atoms with Gasteiger partial charge in [-0.2, -0.15) is 0 Å². The summed E-state index contributed by atoms with van der Waals surface area (Å²) in [6, 6.07) is 0.154. The zero-order valence-electron chi connectivity index (χ0n) is 12.1. The number of amides is 1. The van der Waals surface area contributed by atoms with E-state index in [0.717, 1.165) is 12.8 Å². The summed E-state index contributed by atoms with van der Waals surface area (Å²) < 4.78 is 5.17. The average Bonchev–Trinajstić information content (AvgIpc) is 2.77. The Bertz CT molecular complexity index is 388. The average molecular weight is 267 g/mol. The maximum atomic E-state index is 11.9. The lowest BCUT2D eigenvalue weighted by Gasteiger charge is -2.13. The fourth-order valence-electron chi connectivity index (χ4n) is 1.86. The third-order valence-electron chi connectivity index (χ3n) is 2.94. The molecule has 1 amide bonds. The first kappa shape index (κ1) is 15.7. The summed E-state index contributed by atoms with van der Waals surface area (Å²) >= 11 is 0. The molecule has 0 aliphatic heterocycles. The van der Waals surface area contributed by atoms with E-state index in [1.807, 2.05) is 6.92 Å². The van der Waals surface area contributed by atoms with E-state index in [4.69, 9.17) is 10.2 Å². The van der Waals surface area contributed by atoms with Crippen molar-refractivity contribution >= 4 is 5.91 Å². The maximum absolute atomic E-state index is 11.9. The van der Waals surface area contributed by atoms with Gasteiger partial charge in [-0.25, -0.2) is 4.98 Å². The first-order valence-corrected chi connectivity index (χ1v) is 6.98. The number of aromatic nitrogens is 1. The number of rotatable bonds is 8. The molecule has 0 saturated heterocycles. The minimum absolute atomic E-state index is 0.154. The third kappa shape index (κ3) is 5.87. The molecule has 0 spiro atoms. The van der Waals surface area contributed by atoms with E-state index in [1.54, 1.807) is 0 Å². The lowest BCUT2D eigenvalue weighted by atomic mass is 10.0. The smallest absolute Gasteiger partial charge is 0.273 e. The number of nitrogens with two attached hydrogens (primary N) is 1. The normalized spacial score (nSPS) is 12.7.